The molecule has 0 saturated heterocycles. The number of H-pyrrole nitrogens is 1. The number of nitrogens with zero attached hydrogens (tertiary/aromatic N) is 2. The van der Waals surface area contributed by atoms with Crippen molar-refractivity contribution in [2.75, 3.05) is 7.05 Å². The molecule has 37 heavy (non-hydrogen) atoms. The highest BCUT2D eigenvalue weighted by molar-refractivity contribution is 6.23. The van der Waals surface area contributed by atoms with Crippen LogP contribution in [0, 0.1) is 0 Å². The van der Waals surface area contributed by atoms with Gasteiger partial charge >= 0.3 is 0 Å². The number of imidazole rings is 1. The van der Waals surface area contributed by atoms with E-state index in [-0.39, 0.29) is 5.41 Å². The minimum absolute atomic E-state index is 0.0262. The number of rotatable bonds is 3. The van der Waals surface area contributed by atoms with Gasteiger partial charge in [-0.25, -0.2) is 4.98 Å². The Morgan fingerprint density at radius 1 is 0.703 bits per heavy atom. The van der Waals surface area contributed by atoms with Crippen molar-refractivity contribution in [2.24, 2.45) is 0 Å². The van der Waals surface area contributed by atoms with Gasteiger partial charge in [0.2, 0.25) is 5.69 Å². The fourth-order valence-electron chi connectivity index (χ4n) is 5.99. The molecule has 6 aromatic rings. The number of allylic oxidation sites excluding steroid dienone is 1. The fourth-order valence-corrected chi connectivity index (χ4v) is 5.99. The molecule has 0 bridgehead atoms. The summed E-state index contributed by atoms with van der Waals surface area (Å²) in [5, 5.41) is 4.87. The SMILES string of the molecule is C[N+]1=C(C=Cc2ccc(-c3nc4c5ccccc5c5ccccc5c4[nH]3)cc2)C(C)(C)c2ccccc21. The number of fused-ring (bicyclic) bond motifs is 7. The van der Waals surface area contributed by atoms with E-state index >= 15 is 0 Å². The van der Waals surface area contributed by atoms with Crippen LogP contribution in [0.1, 0.15) is 25.0 Å². The molecule has 3 nitrogen and oxygen atoms in total. The van der Waals surface area contributed by atoms with Crippen LogP contribution in [0.4, 0.5) is 5.69 Å². The average Bonchev–Trinajstić information content (AvgIpc) is 3.46. The second kappa shape index (κ2) is 8.01. The van der Waals surface area contributed by atoms with Crippen LogP contribution in [0.25, 0.3) is 50.0 Å². The fraction of sp³-hybridized carbons (Fsp3) is 0.118. The molecular weight excluding hydrogens is 450 g/mol. The molecule has 0 fully saturated rings. The maximum absolute atomic E-state index is 5.07. The molecule has 5 aromatic carbocycles. The Labute approximate surface area is 216 Å². The normalized spacial score (nSPS) is 14.9. The summed E-state index contributed by atoms with van der Waals surface area (Å²) in [6, 6.07) is 34.4. The first-order valence-corrected chi connectivity index (χ1v) is 12.8. The molecule has 0 unspecified atom stereocenters. The van der Waals surface area contributed by atoms with Crippen LogP contribution in [0.2, 0.25) is 0 Å². The van der Waals surface area contributed by atoms with Crippen molar-refractivity contribution < 1.29 is 4.58 Å². The summed E-state index contributed by atoms with van der Waals surface area (Å²) >= 11 is 0. The molecule has 0 saturated carbocycles. The number of hydrogen-bond donors (Lipinski definition) is 1. The van der Waals surface area contributed by atoms with E-state index in [9.17, 15) is 0 Å². The maximum atomic E-state index is 5.07. The van der Waals surface area contributed by atoms with E-state index in [1.165, 1.54) is 44.1 Å². The first kappa shape index (κ1) is 21.8. The van der Waals surface area contributed by atoms with Gasteiger partial charge in [0.05, 0.1) is 16.4 Å². The van der Waals surface area contributed by atoms with Gasteiger partial charge in [0.15, 0.2) is 5.71 Å². The number of nitrogens with one attached hydrogen (secondary N) is 1. The van der Waals surface area contributed by atoms with Gasteiger partial charge in [-0.3, -0.25) is 0 Å². The van der Waals surface area contributed by atoms with E-state index in [0.29, 0.717) is 0 Å². The van der Waals surface area contributed by atoms with Crippen LogP contribution in [-0.4, -0.2) is 27.3 Å². The number of hydrogen-bond acceptors (Lipinski definition) is 1. The van der Waals surface area contributed by atoms with Crippen molar-refractivity contribution >= 4 is 50.1 Å². The zero-order valence-electron chi connectivity index (χ0n) is 21.3. The van der Waals surface area contributed by atoms with Crippen LogP contribution < -0.4 is 0 Å². The van der Waals surface area contributed by atoms with Crippen LogP contribution in [-0.2, 0) is 5.41 Å². The van der Waals surface area contributed by atoms with Gasteiger partial charge in [-0.1, -0.05) is 91.0 Å². The molecule has 178 valence electrons. The van der Waals surface area contributed by atoms with Crippen LogP contribution in [0.15, 0.2) is 103 Å². The predicted octanol–water partition coefficient (Wildman–Crippen LogP) is 8.26. The van der Waals surface area contributed by atoms with Gasteiger partial charge < -0.3 is 4.98 Å². The van der Waals surface area contributed by atoms with E-state index < -0.39 is 0 Å². The number of aromatic nitrogens is 2. The van der Waals surface area contributed by atoms with Crippen molar-refractivity contribution in [1.29, 1.82) is 0 Å². The Morgan fingerprint density at radius 2 is 1.32 bits per heavy atom. The lowest BCUT2D eigenvalue weighted by atomic mass is 9.81. The van der Waals surface area contributed by atoms with Crippen molar-refractivity contribution in [3.8, 4) is 11.4 Å². The van der Waals surface area contributed by atoms with Gasteiger partial charge in [-0.2, -0.15) is 4.58 Å². The van der Waals surface area contributed by atoms with Gasteiger partial charge in [0.1, 0.15) is 12.9 Å². The minimum Gasteiger partial charge on any atom is -0.337 e. The summed E-state index contributed by atoms with van der Waals surface area (Å²) in [6.07, 6.45) is 4.47. The topological polar surface area (TPSA) is 31.7 Å². The summed E-state index contributed by atoms with van der Waals surface area (Å²) in [5.41, 5.74) is 8.30. The molecule has 0 atom stereocenters. The lowest BCUT2D eigenvalue weighted by Crippen LogP contribution is -2.26. The molecule has 0 radical (unpaired) electrons. The quantitative estimate of drug-likeness (QED) is 0.201. The summed E-state index contributed by atoms with van der Waals surface area (Å²) in [5.74, 6) is 0.897. The Morgan fingerprint density at radius 3 is 2.05 bits per heavy atom. The third kappa shape index (κ3) is 3.27. The summed E-state index contributed by atoms with van der Waals surface area (Å²) in [7, 11) is 2.16. The van der Waals surface area contributed by atoms with Crippen molar-refractivity contribution in [2.45, 2.75) is 19.3 Å². The zero-order valence-corrected chi connectivity index (χ0v) is 21.3. The minimum atomic E-state index is -0.0262. The van der Waals surface area contributed by atoms with Crippen molar-refractivity contribution in [1.82, 2.24) is 9.97 Å². The number of aromatic amines is 1. The molecule has 2 heterocycles. The summed E-state index contributed by atoms with van der Waals surface area (Å²) < 4.78 is 2.31. The van der Waals surface area contributed by atoms with E-state index in [0.717, 1.165) is 22.4 Å². The zero-order chi connectivity index (χ0) is 25.1. The van der Waals surface area contributed by atoms with Gasteiger partial charge in [0.25, 0.3) is 0 Å². The van der Waals surface area contributed by atoms with Crippen molar-refractivity contribution in [3.63, 3.8) is 0 Å². The second-order valence-corrected chi connectivity index (χ2v) is 10.4. The average molecular weight is 479 g/mol. The molecule has 3 heteroatoms. The maximum Gasteiger partial charge on any atom is 0.209 e. The van der Waals surface area contributed by atoms with Crippen LogP contribution in [0.5, 0.6) is 0 Å². The number of para-hydroxylation sites is 1. The Bertz CT molecular complexity index is 1830. The summed E-state index contributed by atoms with van der Waals surface area (Å²) in [6.45, 7) is 4.60. The Kier molecular flexibility index (Phi) is 4.71. The molecule has 0 amide bonds. The van der Waals surface area contributed by atoms with Gasteiger partial charge in [-0.15, -0.1) is 0 Å². The van der Waals surface area contributed by atoms with E-state index in [1.54, 1.807) is 0 Å². The molecule has 1 aliphatic heterocycles. The molecule has 7 rings (SSSR count). The highest BCUT2D eigenvalue weighted by Crippen LogP contribution is 2.39. The lowest BCUT2D eigenvalue weighted by Gasteiger charge is -2.15. The highest BCUT2D eigenvalue weighted by Gasteiger charge is 2.42. The third-order valence-corrected chi connectivity index (χ3v) is 7.93. The molecule has 1 aliphatic rings. The molecule has 0 aliphatic carbocycles. The Hall–Kier alpha value is -4.50. The molecule has 1 aromatic heterocycles. The predicted molar refractivity (Wildman–Crippen MR) is 156 cm³/mol. The second-order valence-electron chi connectivity index (χ2n) is 10.4. The van der Waals surface area contributed by atoms with E-state index in [2.05, 4.69) is 140 Å². The first-order chi connectivity index (χ1) is 18.0. The monoisotopic (exact) mass is 478 g/mol. The van der Waals surface area contributed by atoms with E-state index in [1.807, 2.05) is 0 Å². The molecular formula is C34H28N3+. The largest absolute Gasteiger partial charge is 0.337 e. The standard InChI is InChI=1S/C34H27N3/c1-34(2)28-14-8-9-15-29(28)37(3)30(34)21-18-22-16-19-23(20-17-22)33-35-31-26-12-6-4-10-24(26)25-11-5-7-13-27(25)32(31)36-33/h4-21H,1-3H3/p+1. The number of benzene rings is 5. The van der Waals surface area contributed by atoms with Crippen LogP contribution >= 0.6 is 0 Å². The highest BCUT2D eigenvalue weighted by atomic mass is 15.0. The third-order valence-electron chi connectivity index (χ3n) is 7.93. The van der Waals surface area contributed by atoms with Crippen molar-refractivity contribution in [3.05, 3.63) is 114 Å². The smallest absolute Gasteiger partial charge is 0.209 e. The lowest BCUT2D eigenvalue weighted by molar-refractivity contribution is -0.401. The van der Waals surface area contributed by atoms with Gasteiger partial charge in [0, 0.05) is 34.0 Å². The molecule has 0 spiro atoms. The van der Waals surface area contributed by atoms with E-state index in [4.69, 9.17) is 4.98 Å². The molecule has 1 N–H and O–H groups in total. The Balaban J connectivity index is 1.26. The van der Waals surface area contributed by atoms with Gasteiger partial charge in [-0.05, 0) is 36.3 Å². The first-order valence-electron chi connectivity index (χ1n) is 12.8. The summed E-state index contributed by atoms with van der Waals surface area (Å²) in [4.78, 5) is 8.70. The van der Waals surface area contributed by atoms with Crippen LogP contribution in [0.3, 0.4) is 0 Å².